The minimum Gasteiger partial charge on any atom is -0.493 e. The molecular weight excluding hydrogens is 458 g/mol. The zero-order valence-electron chi connectivity index (χ0n) is 18.6. The van der Waals surface area contributed by atoms with Crippen LogP contribution >= 0.6 is 11.6 Å². The Balaban J connectivity index is 2.46. The smallest absolute Gasteiger partial charge is 0.220 e. The van der Waals surface area contributed by atoms with Crippen molar-refractivity contribution in [2.45, 2.75) is 25.8 Å². The van der Waals surface area contributed by atoms with Crippen molar-refractivity contribution in [2.75, 3.05) is 34.2 Å². The number of hydrogen-bond donors (Lipinski definition) is 1. The molecule has 10 heteroatoms. The van der Waals surface area contributed by atoms with Gasteiger partial charge in [-0.1, -0.05) is 17.7 Å². The van der Waals surface area contributed by atoms with E-state index >= 15 is 0 Å². The molecule has 0 aromatic heterocycles. The van der Waals surface area contributed by atoms with E-state index in [4.69, 9.17) is 30.5 Å². The molecule has 2 aromatic carbocycles. The standard InChI is InChI=1S/C22H26ClNO7S/c1-6-32(26,27)24-15-9-7-13-18(12-8-10-17(28-2)16(25)11-14(12)15)20(29-3)22(31-5)21(30-4)19(13)23/h8,10-11,15,24H,6-7,9H2,1-5H3/t15-/m0/s1. The molecule has 0 fully saturated rings. The molecule has 1 aliphatic rings. The Morgan fingerprint density at radius 1 is 1.03 bits per heavy atom. The Morgan fingerprint density at radius 3 is 2.25 bits per heavy atom. The van der Waals surface area contributed by atoms with Crippen LogP contribution in [0.5, 0.6) is 23.0 Å². The summed E-state index contributed by atoms with van der Waals surface area (Å²) >= 11 is 6.72. The van der Waals surface area contributed by atoms with E-state index in [1.807, 2.05) is 0 Å². The highest BCUT2D eigenvalue weighted by atomic mass is 35.5. The Hall–Kier alpha value is -2.49. The van der Waals surface area contributed by atoms with Crippen molar-refractivity contribution >= 4 is 21.6 Å². The molecule has 2 aromatic rings. The number of hydrogen-bond acceptors (Lipinski definition) is 7. The van der Waals surface area contributed by atoms with Gasteiger partial charge in [-0.05, 0) is 48.6 Å². The van der Waals surface area contributed by atoms with Crippen LogP contribution in [-0.4, -0.2) is 42.6 Å². The van der Waals surface area contributed by atoms with Gasteiger partial charge < -0.3 is 18.9 Å². The van der Waals surface area contributed by atoms with Crippen LogP contribution in [-0.2, 0) is 16.4 Å². The van der Waals surface area contributed by atoms with E-state index in [-0.39, 0.29) is 16.9 Å². The number of nitrogens with one attached hydrogen (secondary N) is 1. The average Bonchev–Trinajstić information content (AvgIpc) is 3.02. The van der Waals surface area contributed by atoms with Crippen LogP contribution in [0.1, 0.15) is 30.5 Å². The van der Waals surface area contributed by atoms with Crippen molar-refractivity contribution in [1.82, 2.24) is 4.72 Å². The second-order valence-electron chi connectivity index (χ2n) is 7.16. The van der Waals surface area contributed by atoms with Gasteiger partial charge in [0.25, 0.3) is 0 Å². The van der Waals surface area contributed by atoms with Gasteiger partial charge in [0, 0.05) is 11.6 Å². The Labute approximate surface area is 192 Å². The van der Waals surface area contributed by atoms with Gasteiger partial charge in [-0.25, -0.2) is 13.1 Å². The molecular formula is C22H26ClNO7S. The summed E-state index contributed by atoms with van der Waals surface area (Å²) < 4.78 is 49.5. The normalized spacial score (nSPS) is 15.2. The number of halogens is 1. The quantitative estimate of drug-likeness (QED) is 0.644. The number of sulfonamides is 1. The van der Waals surface area contributed by atoms with Gasteiger partial charge in [0.2, 0.25) is 21.2 Å². The van der Waals surface area contributed by atoms with Crippen molar-refractivity contribution < 1.29 is 27.4 Å². The summed E-state index contributed by atoms with van der Waals surface area (Å²) in [5, 5.41) is 0.339. The Bertz CT molecular complexity index is 1200. The molecule has 0 unspecified atom stereocenters. The van der Waals surface area contributed by atoms with Gasteiger partial charge in [-0.3, -0.25) is 4.79 Å². The molecule has 174 valence electrons. The third-order valence-corrected chi connectivity index (χ3v) is 7.31. The van der Waals surface area contributed by atoms with Crippen LogP contribution in [0.2, 0.25) is 5.02 Å². The molecule has 3 rings (SSSR count). The molecule has 1 atom stereocenters. The lowest BCUT2D eigenvalue weighted by Crippen LogP contribution is -2.30. The van der Waals surface area contributed by atoms with Crippen LogP contribution < -0.4 is 29.1 Å². The fourth-order valence-corrected chi connectivity index (χ4v) is 5.16. The molecule has 0 saturated heterocycles. The van der Waals surface area contributed by atoms with Crippen LogP contribution in [0.3, 0.4) is 0 Å². The molecule has 0 heterocycles. The second kappa shape index (κ2) is 9.56. The summed E-state index contributed by atoms with van der Waals surface area (Å²) in [6, 6.07) is 3.99. The number of benzene rings is 1. The third kappa shape index (κ3) is 4.24. The van der Waals surface area contributed by atoms with Gasteiger partial charge in [0.05, 0.1) is 39.2 Å². The zero-order valence-corrected chi connectivity index (χ0v) is 20.1. The Morgan fingerprint density at radius 2 is 1.69 bits per heavy atom. The first-order chi connectivity index (χ1) is 15.2. The highest BCUT2D eigenvalue weighted by Gasteiger charge is 2.33. The van der Waals surface area contributed by atoms with Crippen molar-refractivity contribution in [3.63, 3.8) is 0 Å². The number of fused-ring (bicyclic) bond motifs is 3. The molecule has 1 N–H and O–H groups in total. The number of rotatable bonds is 7. The predicted octanol–water partition coefficient (Wildman–Crippen LogP) is 3.33. The molecule has 32 heavy (non-hydrogen) atoms. The number of methoxy groups -OCH3 is 4. The van der Waals surface area contributed by atoms with E-state index in [2.05, 4.69) is 4.72 Å². The van der Waals surface area contributed by atoms with Crippen molar-refractivity contribution in [3.8, 4) is 34.1 Å². The van der Waals surface area contributed by atoms with Gasteiger partial charge in [0.15, 0.2) is 17.2 Å². The van der Waals surface area contributed by atoms with Crippen LogP contribution in [0.25, 0.3) is 11.1 Å². The van der Waals surface area contributed by atoms with E-state index in [9.17, 15) is 13.2 Å². The topological polar surface area (TPSA) is 100 Å². The highest BCUT2D eigenvalue weighted by molar-refractivity contribution is 7.89. The zero-order chi connectivity index (χ0) is 23.6. The summed E-state index contributed by atoms with van der Waals surface area (Å²) in [5.41, 5.74) is 2.03. The second-order valence-corrected chi connectivity index (χ2v) is 9.58. The maximum absolute atomic E-state index is 12.8. The van der Waals surface area contributed by atoms with Crippen molar-refractivity contribution in [2.24, 2.45) is 0 Å². The van der Waals surface area contributed by atoms with Gasteiger partial charge in [-0.15, -0.1) is 0 Å². The lowest BCUT2D eigenvalue weighted by molar-refractivity contribution is 0.325. The summed E-state index contributed by atoms with van der Waals surface area (Å²) in [4.78, 5) is 12.8. The fourth-order valence-electron chi connectivity index (χ4n) is 3.96. The summed E-state index contributed by atoms with van der Waals surface area (Å²) in [6.07, 6.45) is 0.773. The van der Waals surface area contributed by atoms with E-state index < -0.39 is 16.1 Å². The number of ether oxygens (including phenoxy) is 4. The van der Waals surface area contributed by atoms with E-state index in [1.54, 1.807) is 19.1 Å². The third-order valence-electron chi connectivity index (χ3n) is 5.51. The van der Waals surface area contributed by atoms with E-state index in [1.165, 1.54) is 34.5 Å². The maximum Gasteiger partial charge on any atom is 0.220 e. The minimum atomic E-state index is -3.56. The largest absolute Gasteiger partial charge is 0.493 e. The lowest BCUT2D eigenvalue weighted by atomic mass is 9.95. The molecule has 0 saturated carbocycles. The van der Waals surface area contributed by atoms with E-state index in [0.717, 1.165) is 0 Å². The van der Waals surface area contributed by atoms with Gasteiger partial charge in [0.1, 0.15) is 0 Å². The van der Waals surface area contributed by atoms with Crippen molar-refractivity contribution in [1.29, 1.82) is 0 Å². The van der Waals surface area contributed by atoms with Crippen LogP contribution in [0.4, 0.5) is 0 Å². The summed E-state index contributed by atoms with van der Waals surface area (Å²) in [5.74, 6) is 1.03. The molecule has 0 radical (unpaired) electrons. The Kier molecular flexibility index (Phi) is 7.22. The van der Waals surface area contributed by atoms with E-state index in [0.29, 0.717) is 57.4 Å². The summed E-state index contributed by atoms with van der Waals surface area (Å²) in [7, 11) is 2.29. The van der Waals surface area contributed by atoms with Crippen molar-refractivity contribution in [3.05, 3.63) is 44.6 Å². The maximum atomic E-state index is 12.8. The first-order valence-corrected chi connectivity index (χ1v) is 12.0. The molecule has 1 aliphatic carbocycles. The highest BCUT2D eigenvalue weighted by Crippen LogP contribution is 2.54. The van der Waals surface area contributed by atoms with Crippen LogP contribution in [0.15, 0.2) is 23.0 Å². The molecule has 0 amide bonds. The first-order valence-electron chi connectivity index (χ1n) is 9.95. The van der Waals surface area contributed by atoms with Gasteiger partial charge >= 0.3 is 0 Å². The first kappa shape index (κ1) is 24.2. The lowest BCUT2D eigenvalue weighted by Gasteiger charge is -2.21. The van der Waals surface area contributed by atoms with Crippen LogP contribution in [0, 0.1) is 0 Å². The SMILES string of the molecule is CCS(=O)(=O)N[C@H]1CCc2c(Cl)c(OC)c(OC)c(OC)c2-c2ccc(OC)c(=O)cc21. The minimum absolute atomic E-state index is 0.0932. The predicted molar refractivity (Wildman–Crippen MR) is 123 cm³/mol. The molecule has 0 aliphatic heterocycles. The monoisotopic (exact) mass is 483 g/mol. The summed E-state index contributed by atoms with van der Waals surface area (Å²) in [6.45, 7) is 1.55. The fraction of sp³-hybridized carbons (Fsp3) is 0.409. The average molecular weight is 484 g/mol. The molecule has 0 spiro atoms. The molecule has 8 nitrogen and oxygen atoms in total. The van der Waals surface area contributed by atoms with Gasteiger partial charge in [-0.2, -0.15) is 0 Å². The molecule has 0 bridgehead atoms.